The number of carbonyl (C=O) groups is 1. The summed E-state index contributed by atoms with van der Waals surface area (Å²) in [5.74, 6) is 0.122. The number of nitrogens with zero attached hydrogens (tertiary/aromatic N) is 1. The van der Waals surface area contributed by atoms with Gasteiger partial charge in [0.25, 0.3) is 0 Å². The maximum atomic E-state index is 11.5. The first kappa shape index (κ1) is 8.97. The van der Waals surface area contributed by atoms with Gasteiger partial charge >= 0.3 is 0 Å². The lowest BCUT2D eigenvalue weighted by atomic mass is 10.1. The smallest absolute Gasteiger partial charge is 0.225 e. The minimum Gasteiger partial charge on any atom is -0.389 e. The van der Waals surface area contributed by atoms with E-state index in [1.807, 2.05) is 0 Å². The van der Waals surface area contributed by atoms with Crippen molar-refractivity contribution in [2.45, 2.75) is 31.5 Å². The first-order chi connectivity index (χ1) is 6.25. The van der Waals surface area contributed by atoms with Crippen molar-refractivity contribution in [2.24, 2.45) is 0 Å². The lowest BCUT2D eigenvalue weighted by Gasteiger charge is -2.36. The molecule has 1 unspecified atom stereocenters. The monoisotopic (exact) mass is 185 g/mol. The molecule has 0 aromatic heterocycles. The molecule has 13 heavy (non-hydrogen) atoms. The van der Waals surface area contributed by atoms with Gasteiger partial charge in [-0.1, -0.05) is 0 Å². The minimum absolute atomic E-state index is 0.122. The van der Waals surface area contributed by atoms with Crippen molar-refractivity contribution in [1.82, 2.24) is 4.90 Å². The molecule has 0 aliphatic carbocycles. The molecule has 1 N–H and O–H groups in total. The Kier molecular flexibility index (Phi) is 2.51. The van der Waals surface area contributed by atoms with Crippen LogP contribution in [0.3, 0.4) is 0 Å². The van der Waals surface area contributed by atoms with E-state index in [1.54, 1.807) is 4.90 Å². The summed E-state index contributed by atoms with van der Waals surface area (Å²) in [6.07, 6.45) is 2.40. The molecule has 2 heterocycles. The molecule has 1 atom stereocenters. The molecular formula is C9H15NO3. The van der Waals surface area contributed by atoms with Crippen LogP contribution >= 0.6 is 0 Å². The van der Waals surface area contributed by atoms with Gasteiger partial charge in [0.05, 0.1) is 18.6 Å². The van der Waals surface area contributed by atoms with Crippen molar-refractivity contribution in [2.75, 3.05) is 19.7 Å². The van der Waals surface area contributed by atoms with Gasteiger partial charge in [-0.3, -0.25) is 4.79 Å². The van der Waals surface area contributed by atoms with E-state index in [-0.39, 0.29) is 18.1 Å². The van der Waals surface area contributed by atoms with Crippen molar-refractivity contribution in [1.29, 1.82) is 0 Å². The standard InChI is InChI=1S/C9H15NO3/c11-7-5-10(6-7)9(12)4-8-2-1-3-13-8/h7-8,11H,1-6H2. The van der Waals surface area contributed by atoms with Gasteiger partial charge in [0.1, 0.15) is 0 Å². The average Bonchev–Trinajstić information content (AvgIpc) is 2.51. The SMILES string of the molecule is O=C(CC1CCCO1)N1CC(O)C1. The maximum absolute atomic E-state index is 11.5. The fourth-order valence-electron chi connectivity index (χ4n) is 1.79. The Morgan fingerprint density at radius 1 is 1.54 bits per heavy atom. The first-order valence-electron chi connectivity index (χ1n) is 4.83. The summed E-state index contributed by atoms with van der Waals surface area (Å²) in [6, 6.07) is 0. The van der Waals surface area contributed by atoms with Gasteiger partial charge in [-0.2, -0.15) is 0 Å². The van der Waals surface area contributed by atoms with E-state index in [2.05, 4.69) is 0 Å². The number of hydrogen-bond donors (Lipinski definition) is 1. The highest BCUT2D eigenvalue weighted by Crippen LogP contribution is 2.18. The zero-order valence-corrected chi connectivity index (χ0v) is 7.61. The van der Waals surface area contributed by atoms with E-state index in [0.29, 0.717) is 19.5 Å². The first-order valence-corrected chi connectivity index (χ1v) is 4.83. The molecule has 0 aromatic carbocycles. The number of carbonyl (C=O) groups excluding carboxylic acids is 1. The quantitative estimate of drug-likeness (QED) is 0.646. The summed E-state index contributed by atoms with van der Waals surface area (Å²) in [5, 5.41) is 9.00. The molecule has 0 bridgehead atoms. The summed E-state index contributed by atoms with van der Waals surface area (Å²) in [7, 11) is 0. The van der Waals surface area contributed by atoms with Crippen molar-refractivity contribution in [3.8, 4) is 0 Å². The van der Waals surface area contributed by atoms with Gasteiger partial charge in [-0.25, -0.2) is 0 Å². The fourth-order valence-corrected chi connectivity index (χ4v) is 1.79. The zero-order chi connectivity index (χ0) is 9.26. The third-order valence-corrected chi connectivity index (χ3v) is 2.64. The molecule has 4 heteroatoms. The van der Waals surface area contributed by atoms with Gasteiger partial charge in [0.2, 0.25) is 5.91 Å². The second-order valence-corrected chi connectivity index (χ2v) is 3.79. The molecule has 2 aliphatic heterocycles. The highest BCUT2D eigenvalue weighted by molar-refractivity contribution is 5.77. The molecule has 0 saturated carbocycles. The number of β-amino-alcohol motifs (C(OH)–C–C–N with tert-alkyl or cyclic N) is 1. The average molecular weight is 185 g/mol. The number of likely N-dealkylation sites (tertiary alicyclic amines) is 1. The summed E-state index contributed by atoms with van der Waals surface area (Å²) in [5.41, 5.74) is 0. The summed E-state index contributed by atoms with van der Waals surface area (Å²) >= 11 is 0. The van der Waals surface area contributed by atoms with Crippen LogP contribution in [0.5, 0.6) is 0 Å². The van der Waals surface area contributed by atoms with Crippen LogP contribution < -0.4 is 0 Å². The molecule has 2 fully saturated rings. The number of hydrogen-bond acceptors (Lipinski definition) is 3. The van der Waals surface area contributed by atoms with Crippen LogP contribution in [-0.2, 0) is 9.53 Å². The van der Waals surface area contributed by atoms with Gasteiger partial charge in [-0.05, 0) is 12.8 Å². The largest absolute Gasteiger partial charge is 0.389 e. The van der Waals surface area contributed by atoms with Crippen molar-refractivity contribution in [3.05, 3.63) is 0 Å². The predicted molar refractivity (Wildman–Crippen MR) is 46.2 cm³/mol. The van der Waals surface area contributed by atoms with Crippen LogP contribution in [-0.4, -0.2) is 47.8 Å². The topological polar surface area (TPSA) is 49.8 Å². The normalized spacial score (nSPS) is 29.0. The molecule has 0 spiro atoms. The van der Waals surface area contributed by atoms with Crippen molar-refractivity contribution in [3.63, 3.8) is 0 Å². The van der Waals surface area contributed by atoms with E-state index in [9.17, 15) is 4.79 Å². The second-order valence-electron chi connectivity index (χ2n) is 3.79. The highest BCUT2D eigenvalue weighted by atomic mass is 16.5. The number of rotatable bonds is 2. The number of aliphatic hydroxyl groups is 1. The van der Waals surface area contributed by atoms with E-state index in [1.165, 1.54) is 0 Å². The molecule has 2 saturated heterocycles. The lowest BCUT2D eigenvalue weighted by molar-refractivity contribution is -0.143. The van der Waals surface area contributed by atoms with Gasteiger partial charge in [0, 0.05) is 19.7 Å². The van der Waals surface area contributed by atoms with Crippen molar-refractivity contribution >= 4 is 5.91 Å². The fraction of sp³-hybridized carbons (Fsp3) is 0.889. The predicted octanol–water partition coefficient (Wildman–Crippen LogP) is -0.241. The third kappa shape index (κ3) is 2.00. The van der Waals surface area contributed by atoms with Crippen LogP contribution in [0.2, 0.25) is 0 Å². The highest BCUT2D eigenvalue weighted by Gasteiger charge is 2.30. The van der Waals surface area contributed by atoms with Gasteiger partial charge in [0.15, 0.2) is 0 Å². The molecule has 2 aliphatic rings. The Balaban J connectivity index is 1.72. The van der Waals surface area contributed by atoms with Crippen LogP contribution in [0, 0.1) is 0 Å². The number of ether oxygens (including phenoxy) is 1. The molecule has 0 radical (unpaired) electrons. The van der Waals surface area contributed by atoms with Gasteiger partial charge in [-0.15, -0.1) is 0 Å². The Bertz CT molecular complexity index is 195. The Labute approximate surface area is 77.5 Å². The number of amides is 1. The second kappa shape index (κ2) is 3.64. The third-order valence-electron chi connectivity index (χ3n) is 2.64. The van der Waals surface area contributed by atoms with E-state index in [4.69, 9.17) is 9.84 Å². The summed E-state index contributed by atoms with van der Waals surface area (Å²) in [6.45, 7) is 1.80. The summed E-state index contributed by atoms with van der Waals surface area (Å²) in [4.78, 5) is 13.1. The van der Waals surface area contributed by atoms with Crippen molar-refractivity contribution < 1.29 is 14.6 Å². The minimum atomic E-state index is -0.298. The molecule has 74 valence electrons. The van der Waals surface area contributed by atoms with Crippen LogP contribution in [0.15, 0.2) is 0 Å². The maximum Gasteiger partial charge on any atom is 0.225 e. The Hall–Kier alpha value is -0.610. The van der Waals surface area contributed by atoms with Crippen LogP contribution in [0.1, 0.15) is 19.3 Å². The van der Waals surface area contributed by atoms with E-state index in [0.717, 1.165) is 19.4 Å². The lowest BCUT2D eigenvalue weighted by Crippen LogP contribution is -2.54. The number of aliphatic hydroxyl groups excluding tert-OH is 1. The van der Waals surface area contributed by atoms with Crippen LogP contribution in [0.4, 0.5) is 0 Å². The summed E-state index contributed by atoms with van der Waals surface area (Å²) < 4.78 is 5.36. The van der Waals surface area contributed by atoms with Gasteiger partial charge < -0.3 is 14.7 Å². The molecule has 2 rings (SSSR count). The molecular weight excluding hydrogens is 170 g/mol. The van der Waals surface area contributed by atoms with E-state index >= 15 is 0 Å². The zero-order valence-electron chi connectivity index (χ0n) is 7.61. The Morgan fingerprint density at radius 2 is 2.31 bits per heavy atom. The molecule has 0 aromatic rings. The van der Waals surface area contributed by atoms with E-state index < -0.39 is 0 Å². The van der Waals surface area contributed by atoms with Crippen LogP contribution in [0.25, 0.3) is 0 Å². The Morgan fingerprint density at radius 3 is 2.85 bits per heavy atom. The molecule has 4 nitrogen and oxygen atoms in total. The molecule has 1 amide bonds.